The fourth-order valence-electron chi connectivity index (χ4n) is 2.81. The summed E-state index contributed by atoms with van der Waals surface area (Å²) in [5, 5.41) is 6.08. The van der Waals surface area contributed by atoms with Gasteiger partial charge in [-0.2, -0.15) is 0 Å². The van der Waals surface area contributed by atoms with Gasteiger partial charge in [0.05, 0.1) is 18.2 Å². The van der Waals surface area contributed by atoms with Crippen molar-refractivity contribution < 1.29 is 23.1 Å². The van der Waals surface area contributed by atoms with Crippen LogP contribution in [0.3, 0.4) is 0 Å². The third-order valence-electron chi connectivity index (χ3n) is 4.40. The van der Waals surface area contributed by atoms with E-state index in [4.69, 9.17) is 26.1 Å². The van der Waals surface area contributed by atoms with Crippen molar-refractivity contribution in [3.05, 3.63) is 48.4 Å². The van der Waals surface area contributed by atoms with Crippen molar-refractivity contribution in [2.75, 3.05) is 12.4 Å². The summed E-state index contributed by atoms with van der Waals surface area (Å²) < 4.78 is 30.3. The minimum atomic E-state index is -1.09. The number of furan rings is 1. The fourth-order valence-corrected chi connectivity index (χ4v) is 3.01. The van der Waals surface area contributed by atoms with Gasteiger partial charge < -0.3 is 19.2 Å². The Bertz CT molecular complexity index is 1060. The highest BCUT2D eigenvalue weighted by Crippen LogP contribution is 2.27. The maximum absolute atomic E-state index is 13.9. The van der Waals surface area contributed by atoms with Gasteiger partial charge in [0.25, 0.3) is 5.91 Å². The highest BCUT2D eigenvalue weighted by atomic mass is 32.1. The molecule has 0 aliphatic heterocycles. The van der Waals surface area contributed by atoms with Gasteiger partial charge in [0, 0.05) is 18.3 Å². The average Bonchev–Trinajstić information content (AvgIpc) is 3.19. The molecule has 7 nitrogen and oxygen atoms in total. The van der Waals surface area contributed by atoms with E-state index in [-0.39, 0.29) is 10.9 Å². The van der Waals surface area contributed by atoms with Gasteiger partial charge in [-0.3, -0.25) is 10.1 Å². The van der Waals surface area contributed by atoms with Gasteiger partial charge in [-0.15, -0.1) is 0 Å². The SMILES string of the molecule is CCC(F)C(C)Oc1ccccc1NC(=S)NC(=O)c1cc2c(OC)nccc2o1. The molecule has 2 aromatic heterocycles. The number of alkyl halides is 1. The van der Waals surface area contributed by atoms with E-state index in [1.807, 2.05) is 0 Å². The summed E-state index contributed by atoms with van der Waals surface area (Å²) in [5.74, 6) is 0.306. The topological polar surface area (TPSA) is 85.6 Å². The Balaban J connectivity index is 1.70. The van der Waals surface area contributed by atoms with Crippen molar-refractivity contribution in [3.8, 4) is 11.6 Å². The van der Waals surface area contributed by atoms with Gasteiger partial charge in [0.15, 0.2) is 10.9 Å². The first-order chi connectivity index (χ1) is 14.4. The largest absolute Gasteiger partial charge is 0.486 e. The second kappa shape index (κ2) is 9.53. The maximum Gasteiger partial charge on any atom is 0.293 e. The van der Waals surface area contributed by atoms with E-state index in [2.05, 4.69) is 15.6 Å². The van der Waals surface area contributed by atoms with Gasteiger partial charge in [-0.25, -0.2) is 9.37 Å². The van der Waals surface area contributed by atoms with E-state index in [0.29, 0.717) is 34.7 Å². The molecule has 2 atom stereocenters. The van der Waals surface area contributed by atoms with Crippen molar-refractivity contribution in [2.45, 2.75) is 32.5 Å². The highest BCUT2D eigenvalue weighted by molar-refractivity contribution is 7.80. The summed E-state index contributed by atoms with van der Waals surface area (Å²) in [6, 6.07) is 10.1. The molecule has 158 valence electrons. The highest BCUT2D eigenvalue weighted by Gasteiger charge is 2.19. The number of rotatable bonds is 7. The van der Waals surface area contributed by atoms with E-state index in [1.165, 1.54) is 19.4 Å². The number of pyridine rings is 1. The van der Waals surface area contributed by atoms with Crippen LogP contribution in [0.4, 0.5) is 10.1 Å². The van der Waals surface area contributed by atoms with Crippen LogP contribution < -0.4 is 20.1 Å². The molecule has 0 radical (unpaired) electrons. The Morgan fingerprint density at radius 2 is 2.10 bits per heavy atom. The minimum Gasteiger partial charge on any atom is -0.486 e. The van der Waals surface area contributed by atoms with E-state index < -0.39 is 18.2 Å². The minimum absolute atomic E-state index is 0.0431. The number of halogens is 1. The van der Waals surface area contributed by atoms with E-state index in [1.54, 1.807) is 44.2 Å². The molecular weight excluding hydrogens is 409 g/mol. The summed E-state index contributed by atoms with van der Waals surface area (Å²) >= 11 is 5.24. The summed E-state index contributed by atoms with van der Waals surface area (Å²) in [5.41, 5.74) is 0.976. The Kier molecular flexibility index (Phi) is 6.83. The molecule has 0 saturated carbocycles. The number of carbonyl (C=O) groups excluding carboxylic acids is 1. The van der Waals surface area contributed by atoms with Crippen LogP contribution in [0.1, 0.15) is 30.8 Å². The second-order valence-corrected chi connectivity index (χ2v) is 6.90. The summed E-state index contributed by atoms with van der Waals surface area (Å²) in [6.45, 7) is 3.42. The maximum atomic E-state index is 13.9. The molecule has 30 heavy (non-hydrogen) atoms. The Labute approximate surface area is 178 Å². The number of nitrogens with zero attached hydrogens (tertiary/aromatic N) is 1. The Morgan fingerprint density at radius 1 is 1.33 bits per heavy atom. The third-order valence-corrected chi connectivity index (χ3v) is 4.60. The van der Waals surface area contributed by atoms with E-state index in [0.717, 1.165) is 0 Å². The Morgan fingerprint density at radius 3 is 2.83 bits per heavy atom. The predicted molar refractivity (Wildman–Crippen MR) is 116 cm³/mol. The fraction of sp³-hybridized carbons (Fsp3) is 0.286. The number of amides is 1. The van der Waals surface area contributed by atoms with Gasteiger partial charge in [-0.05, 0) is 37.7 Å². The van der Waals surface area contributed by atoms with Crippen molar-refractivity contribution >= 4 is 39.9 Å². The first kappa shape index (κ1) is 21.5. The lowest BCUT2D eigenvalue weighted by atomic mass is 10.2. The molecule has 0 bridgehead atoms. The lowest BCUT2D eigenvalue weighted by Gasteiger charge is -2.20. The summed E-state index contributed by atoms with van der Waals surface area (Å²) in [4.78, 5) is 16.6. The molecule has 0 aliphatic carbocycles. The monoisotopic (exact) mass is 431 g/mol. The molecule has 0 spiro atoms. The molecule has 2 N–H and O–H groups in total. The van der Waals surface area contributed by atoms with E-state index >= 15 is 0 Å². The van der Waals surface area contributed by atoms with Crippen LogP contribution in [0.15, 0.2) is 47.0 Å². The number of carbonyl (C=O) groups is 1. The van der Waals surface area contributed by atoms with Crippen LogP contribution in [-0.4, -0.2) is 35.4 Å². The zero-order chi connectivity index (χ0) is 21.7. The normalized spacial score (nSPS) is 12.8. The first-order valence-electron chi connectivity index (χ1n) is 9.37. The van der Waals surface area contributed by atoms with Gasteiger partial charge >= 0.3 is 0 Å². The number of anilines is 1. The number of nitrogens with one attached hydrogen (secondary N) is 2. The number of hydrogen-bond acceptors (Lipinski definition) is 6. The quantitative estimate of drug-likeness (QED) is 0.534. The molecule has 3 rings (SSSR count). The molecule has 0 fully saturated rings. The molecule has 3 aromatic rings. The Hall–Kier alpha value is -3.20. The van der Waals surface area contributed by atoms with Crippen LogP contribution in [-0.2, 0) is 0 Å². The predicted octanol–water partition coefficient (Wildman–Crippen LogP) is 4.48. The van der Waals surface area contributed by atoms with Crippen LogP contribution in [0.25, 0.3) is 11.0 Å². The number of ether oxygens (including phenoxy) is 2. The van der Waals surface area contributed by atoms with Gasteiger partial charge in [0.2, 0.25) is 5.88 Å². The van der Waals surface area contributed by atoms with Crippen LogP contribution in [0.2, 0.25) is 0 Å². The van der Waals surface area contributed by atoms with Gasteiger partial charge in [0.1, 0.15) is 23.6 Å². The molecule has 1 aromatic carbocycles. The molecule has 0 saturated heterocycles. The van der Waals surface area contributed by atoms with E-state index in [9.17, 15) is 9.18 Å². The molecule has 0 aliphatic rings. The molecule has 9 heteroatoms. The number of hydrogen-bond donors (Lipinski definition) is 2. The van der Waals surface area contributed by atoms with Gasteiger partial charge in [-0.1, -0.05) is 19.1 Å². The third kappa shape index (κ3) is 4.85. The number of benzene rings is 1. The number of thiocarbonyl (C=S) groups is 1. The molecule has 2 heterocycles. The number of fused-ring (bicyclic) bond motifs is 1. The number of para-hydroxylation sites is 2. The molecule has 2 unspecified atom stereocenters. The van der Waals surface area contributed by atoms with Crippen molar-refractivity contribution in [1.29, 1.82) is 0 Å². The van der Waals surface area contributed by atoms with Crippen molar-refractivity contribution in [2.24, 2.45) is 0 Å². The summed E-state index contributed by atoms with van der Waals surface area (Å²) in [6.07, 6.45) is 0.157. The number of methoxy groups -OCH3 is 1. The van der Waals surface area contributed by atoms with Crippen LogP contribution >= 0.6 is 12.2 Å². The van der Waals surface area contributed by atoms with Crippen LogP contribution in [0.5, 0.6) is 11.6 Å². The lowest BCUT2D eigenvalue weighted by Crippen LogP contribution is -2.34. The lowest BCUT2D eigenvalue weighted by molar-refractivity contribution is 0.0952. The standard InChI is InChI=1S/C21H22FN3O4S/c1-4-14(22)12(2)28-17-8-6-5-7-15(17)24-21(30)25-19(26)18-11-13-16(29-18)9-10-23-20(13)27-3/h5-12,14H,4H2,1-3H3,(H2,24,25,26,30). The first-order valence-corrected chi connectivity index (χ1v) is 9.78. The zero-order valence-corrected chi connectivity index (χ0v) is 17.6. The van der Waals surface area contributed by atoms with Crippen molar-refractivity contribution in [3.63, 3.8) is 0 Å². The zero-order valence-electron chi connectivity index (χ0n) is 16.8. The van der Waals surface area contributed by atoms with Crippen molar-refractivity contribution in [1.82, 2.24) is 10.3 Å². The van der Waals surface area contributed by atoms with Crippen LogP contribution in [0, 0.1) is 0 Å². The molecular formula is C21H22FN3O4S. The smallest absolute Gasteiger partial charge is 0.293 e. The number of aromatic nitrogens is 1. The average molecular weight is 431 g/mol. The molecule has 1 amide bonds. The second-order valence-electron chi connectivity index (χ2n) is 6.49. The summed E-state index contributed by atoms with van der Waals surface area (Å²) in [7, 11) is 1.49.